The maximum absolute atomic E-state index is 13.9. The Morgan fingerprint density at radius 1 is 0.389 bits per heavy atom. The van der Waals surface area contributed by atoms with Crippen LogP contribution in [-0.2, 0) is 42.8 Å². The lowest BCUT2D eigenvalue weighted by molar-refractivity contribution is -0.178. The van der Waals surface area contributed by atoms with Gasteiger partial charge in [-0.2, -0.15) is 0 Å². The van der Waals surface area contributed by atoms with Crippen molar-refractivity contribution in [3.05, 3.63) is 197 Å². The molecule has 7 unspecified atom stereocenters. The number of rotatable bonds is 40. The smallest absolute Gasteiger partial charge is 0.344 e. The molecular weight excluding hydrogens is 1140 g/mol. The summed E-state index contributed by atoms with van der Waals surface area (Å²) >= 11 is 0. The molecule has 0 aliphatic rings. The highest BCUT2D eigenvalue weighted by atomic mass is 16.6. The Bertz CT molecular complexity index is 3240. The first-order chi connectivity index (χ1) is 42.9. The van der Waals surface area contributed by atoms with Crippen LogP contribution in [0.4, 0.5) is 0 Å². The largest absolute Gasteiger partial charge is 0.486 e. The Morgan fingerprint density at radius 2 is 0.756 bits per heavy atom. The molecule has 0 spiro atoms. The minimum absolute atomic E-state index is 0.107. The summed E-state index contributed by atoms with van der Waals surface area (Å²) in [4.78, 5) is 79.5. The van der Waals surface area contributed by atoms with Gasteiger partial charge in [0, 0.05) is 51.6 Å². The summed E-state index contributed by atoms with van der Waals surface area (Å²) in [5.41, 5.74) is -1.36. The second kappa shape index (κ2) is 33.4. The van der Waals surface area contributed by atoms with Gasteiger partial charge in [0.2, 0.25) is 11.6 Å². The molecule has 0 N–H and O–H groups in total. The number of carbonyl (C=O) groups excluding carboxylic acids is 6. The Morgan fingerprint density at radius 3 is 1.13 bits per heavy atom. The predicted octanol–water partition coefficient (Wildman–Crippen LogP) is 14.3. The van der Waals surface area contributed by atoms with Crippen molar-refractivity contribution in [2.24, 2.45) is 5.41 Å². The molecule has 0 radical (unpaired) electrons. The van der Waals surface area contributed by atoms with Crippen molar-refractivity contribution >= 4 is 34.9 Å². The number of carbonyl (C=O) groups is 6. The van der Waals surface area contributed by atoms with Crippen LogP contribution in [0.25, 0.3) is 0 Å². The standard InChI is InChI=1S/C75H92O15/c1-13-72(10,44-53(5)88-67(78)49-85-64-42-36-61(37-43-64)70(81)58-30-24-19-25-31-58)86-51-75(16-4,50-82-46-55(7)89-71(8,9)65(76)47-83-62-38-32-59(33-39-62)68(79)56-26-20-17-21-27-56)52-87-73(11,14-2)45-54(6)90-74(12,15-3)66(77)48-84-63-40-34-60(35-41-63)69(80)57-28-22-18-23-29-57/h17-43,53-55H,13-16,44-52H2,1-12H3. The molecule has 0 aromatic heterocycles. The fourth-order valence-electron chi connectivity index (χ4n) is 10.2. The van der Waals surface area contributed by atoms with Crippen molar-refractivity contribution in [3.8, 4) is 17.2 Å². The van der Waals surface area contributed by atoms with Crippen molar-refractivity contribution in [2.75, 3.05) is 46.2 Å². The quantitative estimate of drug-likeness (QED) is 0.0261. The van der Waals surface area contributed by atoms with Gasteiger partial charge in [-0.15, -0.1) is 0 Å². The SMILES string of the molecule is CCC(COCC(C)OC(C)(C)C(=O)COc1ccc(C(=O)c2ccccc2)cc1)(COC(C)(CC)CC(C)OC(=O)COc1ccc(C(=O)c2ccccc2)cc1)COC(C)(CC)CC(C)OC(C)(CC)C(=O)COc1ccc(C(=O)c2ccccc2)cc1. The van der Waals surface area contributed by atoms with Crippen molar-refractivity contribution in [1.29, 1.82) is 0 Å². The van der Waals surface area contributed by atoms with Gasteiger partial charge in [0.05, 0.1) is 49.8 Å². The molecule has 0 saturated heterocycles. The highest BCUT2D eigenvalue weighted by Crippen LogP contribution is 2.35. The van der Waals surface area contributed by atoms with Crippen LogP contribution < -0.4 is 14.2 Å². The van der Waals surface area contributed by atoms with Gasteiger partial charge in [0.25, 0.3) is 0 Å². The summed E-state index contributed by atoms with van der Waals surface area (Å²) < 4.78 is 56.9. The van der Waals surface area contributed by atoms with E-state index < -0.39 is 52.1 Å². The number of Topliss-reactive ketones (excluding diaryl/α,β-unsaturated/α-hetero) is 2. The van der Waals surface area contributed by atoms with Crippen LogP contribution in [0.3, 0.4) is 0 Å². The molecule has 0 aliphatic heterocycles. The van der Waals surface area contributed by atoms with Gasteiger partial charge in [-0.05, 0) is 154 Å². The fourth-order valence-corrected chi connectivity index (χ4v) is 10.2. The van der Waals surface area contributed by atoms with Gasteiger partial charge >= 0.3 is 5.97 Å². The Balaban J connectivity index is 1.07. The molecular formula is C75H92O15. The van der Waals surface area contributed by atoms with Crippen LogP contribution in [0.15, 0.2) is 164 Å². The van der Waals surface area contributed by atoms with Gasteiger partial charge < -0.3 is 42.6 Å². The predicted molar refractivity (Wildman–Crippen MR) is 347 cm³/mol. The van der Waals surface area contributed by atoms with E-state index in [4.69, 9.17) is 42.6 Å². The molecule has 0 heterocycles. The van der Waals surface area contributed by atoms with Crippen molar-refractivity contribution in [1.82, 2.24) is 0 Å². The van der Waals surface area contributed by atoms with E-state index in [1.807, 2.05) is 103 Å². The van der Waals surface area contributed by atoms with Gasteiger partial charge in [-0.1, -0.05) is 119 Å². The molecule has 6 aromatic carbocycles. The fraction of sp³-hybridized carbons (Fsp3) is 0.440. The highest BCUT2D eigenvalue weighted by molar-refractivity contribution is 6.10. The minimum Gasteiger partial charge on any atom is -0.486 e. The number of benzene rings is 6. The maximum atomic E-state index is 13.9. The average molecular weight is 1230 g/mol. The van der Waals surface area contributed by atoms with Gasteiger partial charge in [0.15, 0.2) is 24.0 Å². The third-order valence-corrected chi connectivity index (χ3v) is 16.7. The average Bonchev–Trinajstić information content (AvgIpc) is 1.40. The monoisotopic (exact) mass is 1230 g/mol. The Labute approximate surface area is 532 Å². The molecule has 0 amide bonds. The van der Waals surface area contributed by atoms with Crippen LogP contribution >= 0.6 is 0 Å². The molecule has 6 aromatic rings. The minimum atomic E-state index is -1.24. The summed E-state index contributed by atoms with van der Waals surface area (Å²) in [6.07, 6.45) is 1.49. The second-order valence-corrected chi connectivity index (χ2v) is 24.6. The van der Waals surface area contributed by atoms with Gasteiger partial charge in [-0.3, -0.25) is 24.0 Å². The molecule has 482 valence electrons. The zero-order valence-electron chi connectivity index (χ0n) is 54.6. The topological polar surface area (TPSA) is 185 Å². The zero-order chi connectivity index (χ0) is 65.5. The second-order valence-electron chi connectivity index (χ2n) is 24.6. The van der Waals surface area contributed by atoms with Crippen LogP contribution in [0, 0.1) is 5.41 Å². The Kier molecular flexibility index (Phi) is 26.5. The molecule has 15 heteroatoms. The first-order valence-corrected chi connectivity index (χ1v) is 31.3. The number of ketones is 5. The molecule has 90 heavy (non-hydrogen) atoms. The number of hydrogen-bond acceptors (Lipinski definition) is 15. The molecule has 15 nitrogen and oxygen atoms in total. The van der Waals surface area contributed by atoms with E-state index in [1.165, 1.54) is 0 Å². The normalized spacial score (nSPS) is 15.3. The third kappa shape index (κ3) is 21.2. The lowest BCUT2D eigenvalue weighted by atomic mass is 9.86. The summed E-state index contributed by atoms with van der Waals surface area (Å²) in [6, 6.07) is 47.1. The summed E-state index contributed by atoms with van der Waals surface area (Å²) in [5, 5.41) is 0. The van der Waals surface area contributed by atoms with Crippen LogP contribution in [0.1, 0.15) is 169 Å². The molecule has 0 aliphatic carbocycles. The summed E-state index contributed by atoms with van der Waals surface area (Å²) in [5.74, 6) is -0.0883. The van der Waals surface area contributed by atoms with Crippen LogP contribution in [-0.4, -0.2) is 122 Å². The van der Waals surface area contributed by atoms with Crippen LogP contribution in [0.2, 0.25) is 0 Å². The van der Waals surface area contributed by atoms with Gasteiger partial charge in [0.1, 0.15) is 47.8 Å². The molecule has 0 fully saturated rings. The van der Waals surface area contributed by atoms with E-state index in [1.54, 1.807) is 130 Å². The van der Waals surface area contributed by atoms with Crippen molar-refractivity contribution in [3.63, 3.8) is 0 Å². The molecule has 0 bridgehead atoms. The van der Waals surface area contributed by atoms with Crippen LogP contribution in [0.5, 0.6) is 17.2 Å². The number of hydrogen-bond donors (Lipinski definition) is 0. The zero-order valence-corrected chi connectivity index (χ0v) is 54.6. The summed E-state index contributed by atoms with van der Waals surface area (Å²) in [7, 11) is 0. The van der Waals surface area contributed by atoms with E-state index >= 15 is 0 Å². The first-order valence-electron chi connectivity index (χ1n) is 31.3. The van der Waals surface area contributed by atoms with Crippen molar-refractivity contribution in [2.45, 2.75) is 162 Å². The lowest BCUT2D eigenvalue weighted by Gasteiger charge is -2.41. The third-order valence-electron chi connectivity index (χ3n) is 16.7. The van der Waals surface area contributed by atoms with E-state index in [0.29, 0.717) is 89.2 Å². The van der Waals surface area contributed by atoms with E-state index in [0.717, 1.165) is 0 Å². The molecule has 7 atom stereocenters. The van der Waals surface area contributed by atoms with E-state index in [9.17, 15) is 28.8 Å². The van der Waals surface area contributed by atoms with Gasteiger partial charge in [-0.25, -0.2) is 4.79 Å². The number of ether oxygens (including phenoxy) is 9. The summed E-state index contributed by atoms with van der Waals surface area (Å²) in [6.45, 7) is 22.8. The number of esters is 1. The highest BCUT2D eigenvalue weighted by Gasteiger charge is 2.41. The molecule has 0 saturated carbocycles. The maximum Gasteiger partial charge on any atom is 0.344 e. The molecule has 6 rings (SSSR count). The van der Waals surface area contributed by atoms with E-state index in [-0.39, 0.29) is 75.2 Å². The first kappa shape index (κ1) is 71.4. The lowest BCUT2D eigenvalue weighted by Crippen LogP contribution is -2.47. The van der Waals surface area contributed by atoms with Crippen molar-refractivity contribution < 1.29 is 71.4 Å². The Hall–Kier alpha value is -7.66. The van der Waals surface area contributed by atoms with E-state index in [2.05, 4.69) is 13.8 Å².